The summed E-state index contributed by atoms with van der Waals surface area (Å²) in [5.74, 6) is 2.67. The van der Waals surface area contributed by atoms with Gasteiger partial charge in [-0.15, -0.1) is 5.10 Å². The van der Waals surface area contributed by atoms with E-state index in [-0.39, 0.29) is 0 Å². The first kappa shape index (κ1) is 18.4. The predicted molar refractivity (Wildman–Crippen MR) is 106 cm³/mol. The molecule has 0 saturated heterocycles. The molecule has 0 aliphatic carbocycles. The van der Waals surface area contributed by atoms with Crippen LogP contribution in [0.2, 0.25) is 0 Å². The third kappa shape index (κ3) is 5.31. The normalized spacial score (nSPS) is 10.3. The number of para-hydroxylation sites is 1. The van der Waals surface area contributed by atoms with Gasteiger partial charge in [-0.05, 0) is 42.3 Å². The van der Waals surface area contributed by atoms with Crippen LogP contribution in [0.15, 0.2) is 54.7 Å². The molecule has 7 nitrogen and oxygen atoms in total. The molecule has 0 saturated carbocycles. The maximum absolute atomic E-state index is 5.67. The van der Waals surface area contributed by atoms with Crippen molar-refractivity contribution in [3.8, 4) is 11.5 Å². The van der Waals surface area contributed by atoms with Gasteiger partial charge < -0.3 is 20.1 Å². The fraction of sp³-hybridized carbons (Fsp3) is 0.250. The predicted octanol–water partition coefficient (Wildman–Crippen LogP) is 3.68. The molecule has 0 atom stereocenters. The Hall–Kier alpha value is -3.35. The number of benzene rings is 2. The van der Waals surface area contributed by atoms with Gasteiger partial charge in [0.2, 0.25) is 5.95 Å². The molecule has 3 rings (SSSR count). The molecule has 0 aliphatic rings. The fourth-order valence-corrected chi connectivity index (χ4v) is 2.53. The van der Waals surface area contributed by atoms with Gasteiger partial charge in [0, 0.05) is 5.69 Å². The Morgan fingerprint density at radius 2 is 1.78 bits per heavy atom. The lowest BCUT2D eigenvalue weighted by Crippen LogP contribution is -2.14. The summed E-state index contributed by atoms with van der Waals surface area (Å²) < 4.78 is 10.8. The molecule has 0 amide bonds. The average Bonchev–Trinajstić information content (AvgIpc) is 2.72. The van der Waals surface area contributed by atoms with Gasteiger partial charge in [0.25, 0.3) is 0 Å². The van der Waals surface area contributed by atoms with Crippen LogP contribution in [-0.4, -0.2) is 35.4 Å². The van der Waals surface area contributed by atoms with Crippen molar-refractivity contribution in [2.75, 3.05) is 30.9 Å². The van der Waals surface area contributed by atoms with Crippen molar-refractivity contribution in [3.05, 3.63) is 60.3 Å². The number of aryl methyl sites for hydroxylation is 1. The minimum Gasteiger partial charge on any atom is -0.497 e. The van der Waals surface area contributed by atoms with Crippen LogP contribution in [0, 0.1) is 0 Å². The molecule has 2 aromatic carbocycles. The van der Waals surface area contributed by atoms with E-state index in [1.165, 1.54) is 5.56 Å². The van der Waals surface area contributed by atoms with Crippen molar-refractivity contribution in [2.24, 2.45) is 0 Å². The largest absolute Gasteiger partial charge is 0.497 e. The summed E-state index contributed by atoms with van der Waals surface area (Å²) in [7, 11) is 1.64. The lowest BCUT2D eigenvalue weighted by molar-refractivity contribution is 0.331. The van der Waals surface area contributed by atoms with E-state index >= 15 is 0 Å². The number of anilines is 3. The van der Waals surface area contributed by atoms with E-state index in [2.05, 4.69) is 38.8 Å². The Balaban J connectivity index is 1.51. The summed E-state index contributed by atoms with van der Waals surface area (Å²) in [6.07, 6.45) is 2.54. The van der Waals surface area contributed by atoms with E-state index in [1.54, 1.807) is 13.3 Å². The third-order valence-electron chi connectivity index (χ3n) is 3.93. The van der Waals surface area contributed by atoms with E-state index in [9.17, 15) is 0 Å². The highest BCUT2D eigenvalue weighted by Gasteiger charge is 2.04. The molecule has 0 aliphatic heterocycles. The van der Waals surface area contributed by atoms with E-state index in [1.807, 2.05) is 42.5 Å². The molecular formula is C20H23N5O2. The highest BCUT2D eigenvalue weighted by Crippen LogP contribution is 2.20. The molecule has 27 heavy (non-hydrogen) atoms. The zero-order chi connectivity index (χ0) is 18.9. The highest BCUT2D eigenvalue weighted by molar-refractivity contribution is 5.60. The average molecular weight is 365 g/mol. The fourth-order valence-electron chi connectivity index (χ4n) is 2.53. The van der Waals surface area contributed by atoms with Crippen molar-refractivity contribution in [1.29, 1.82) is 0 Å². The van der Waals surface area contributed by atoms with Crippen LogP contribution in [0.4, 0.5) is 17.5 Å². The molecule has 0 radical (unpaired) electrons. The Morgan fingerprint density at radius 3 is 2.56 bits per heavy atom. The Labute approximate surface area is 158 Å². The van der Waals surface area contributed by atoms with Gasteiger partial charge in [0.15, 0.2) is 5.82 Å². The topological polar surface area (TPSA) is 81.2 Å². The van der Waals surface area contributed by atoms with Crippen molar-refractivity contribution in [2.45, 2.75) is 13.3 Å². The van der Waals surface area contributed by atoms with Gasteiger partial charge >= 0.3 is 0 Å². The first-order chi connectivity index (χ1) is 13.3. The summed E-state index contributed by atoms with van der Waals surface area (Å²) in [6.45, 7) is 3.16. The lowest BCUT2D eigenvalue weighted by Gasteiger charge is -2.11. The van der Waals surface area contributed by atoms with Crippen LogP contribution in [-0.2, 0) is 6.42 Å². The number of methoxy groups -OCH3 is 1. The zero-order valence-corrected chi connectivity index (χ0v) is 15.5. The summed E-state index contributed by atoms with van der Waals surface area (Å²) in [4.78, 5) is 4.44. The number of hydrogen-bond acceptors (Lipinski definition) is 7. The summed E-state index contributed by atoms with van der Waals surface area (Å²) >= 11 is 0. The van der Waals surface area contributed by atoms with Gasteiger partial charge in [0.1, 0.15) is 18.1 Å². The van der Waals surface area contributed by atoms with E-state index in [4.69, 9.17) is 9.47 Å². The summed E-state index contributed by atoms with van der Waals surface area (Å²) in [6, 6.07) is 15.6. The van der Waals surface area contributed by atoms with E-state index in [0.717, 1.165) is 23.6 Å². The molecule has 3 aromatic rings. The van der Waals surface area contributed by atoms with E-state index < -0.39 is 0 Å². The molecule has 0 unspecified atom stereocenters. The van der Waals surface area contributed by atoms with E-state index in [0.29, 0.717) is 24.9 Å². The second-order valence-corrected chi connectivity index (χ2v) is 5.75. The molecule has 0 spiro atoms. The number of nitrogens with zero attached hydrogens (tertiary/aromatic N) is 3. The van der Waals surface area contributed by atoms with Crippen molar-refractivity contribution in [3.63, 3.8) is 0 Å². The first-order valence-electron chi connectivity index (χ1n) is 8.84. The smallest absolute Gasteiger partial charge is 0.244 e. The number of ether oxygens (including phenoxy) is 2. The molecule has 0 bridgehead atoms. The van der Waals surface area contributed by atoms with Crippen molar-refractivity contribution in [1.82, 2.24) is 15.2 Å². The Bertz CT molecular complexity index is 855. The summed E-state index contributed by atoms with van der Waals surface area (Å²) in [5.41, 5.74) is 2.24. The lowest BCUT2D eigenvalue weighted by atomic mass is 10.1. The minimum atomic E-state index is 0.451. The number of hydrogen-bond donors (Lipinski definition) is 2. The molecule has 1 aromatic heterocycles. The van der Waals surface area contributed by atoms with Crippen LogP contribution < -0.4 is 20.1 Å². The van der Waals surface area contributed by atoms with Crippen molar-refractivity contribution < 1.29 is 9.47 Å². The van der Waals surface area contributed by atoms with Gasteiger partial charge in [-0.25, -0.2) is 0 Å². The first-order valence-corrected chi connectivity index (χ1v) is 8.84. The van der Waals surface area contributed by atoms with Crippen LogP contribution in [0.5, 0.6) is 11.5 Å². The minimum absolute atomic E-state index is 0.451. The van der Waals surface area contributed by atoms with Gasteiger partial charge in [-0.1, -0.05) is 25.1 Å². The van der Waals surface area contributed by atoms with Crippen LogP contribution in [0.1, 0.15) is 12.5 Å². The molecule has 7 heteroatoms. The number of nitrogens with one attached hydrogen (secondary N) is 2. The van der Waals surface area contributed by atoms with Crippen LogP contribution in [0.25, 0.3) is 0 Å². The monoisotopic (exact) mass is 365 g/mol. The second kappa shape index (κ2) is 9.38. The molecular weight excluding hydrogens is 342 g/mol. The molecule has 0 fully saturated rings. The molecule has 2 N–H and O–H groups in total. The number of aromatic nitrogens is 3. The molecule has 1 heterocycles. The molecule has 140 valence electrons. The van der Waals surface area contributed by atoms with Gasteiger partial charge in [-0.2, -0.15) is 10.1 Å². The third-order valence-corrected chi connectivity index (χ3v) is 3.93. The van der Waals surface area contributed by atoms with Crippen molar-refractivity contribution >= 4 is 17.5 Å². The summed E-state index contributed by atoms with van der Waals surface area (Å²) in [5, 5.41) is 14.4. The Morgan fingerprint density at radius 1 is 1.00 bits per heavy atom. The van der Waals surface area contributed by atoms with Crippen LogP contribution >= 0.6 is 0 Å². The SMILES string of the molecule is CCc1ccccc1Nc1cnnc(NCCOc2ccc(OC)cc2)n1. The maximum Gasteiger partial charge on any atom is 0.244 e. The number of rotatable bonds is 9. The van der Waals surface area contributed by atoms with Crippen LogP contribution in [0.3, 0.4) is 0 Å². The van der Waals surface area contributed by atoms with Gasteiger partial charge in [-0.3, -0.25) is 0 Å². The zero-order valence-electron chi connectivity index (χ0n) is 15.5. The maximum atomic E-state index is 5.67. The van der Waals surface area contributed by atoms with Gasteiger partial charge in [0.05, 0.1) is 19.9 Å². The second-order valence-electron chi connectivity index (χ2n) is 5.75. The highest BCUT2D eigenvalue weighted by atomic mass is 16.5. The standard InChI is InChI=1S/C20H23N5O2/c1-3-15-6-4-5-7-18(15)23-19-14-22-25-20(24-19)21-12-13-27-17-10-8-16(26-2)9-11-17/h4-11,14H,3,12-13H2,1-2H3,(H2,21,23,24,25). The Kier molecular flexibility index (Phi) is 6.40. The quantitative estimate of drug-likeness (QED) is 0.560.